The Morgan fingerprint density at radius 2 is 1.62 bits per heavy atom. The van der Waals surface area contributed by atoms with Gasteiger partial charge in [0.05, 0.1) is 19.1 Å². The lowest BCUT2D eigenvalue weighted by Crippen LogP contribution is -2.05. The molecule has 166 valence electrons. The van der Waals surface area contributed by atoms with Crippen molar-refractivity contribution in [3.8, 4) is 34.5 Å². The summed E-state index contributed by atoms with van der Waals surface area (Å²) in [5, 5.41) is 3.99. The summed E-state index contributed by atoms with van der Waals surface area (Å²) in [6.07, 6.45) is 0. The highest BCUT2D eigenvalue weighted by molar-refractivity contribution is 7.90. The molecule has 0 unspecified atom stereocenters. The number of hydrogen-bond donors (Lipinski definition) is 0. The van der Waals surface area contributed by atoms with Gasteiger partial charge in [-0.1, -0.05) is 11.2 Å². The first-order valence-electron chi connectivity index (χ1n) is 9.75. The van der Waals surface area contributed by atoms with Crippen molar-refractivity contribution in [3.05, 3.63) is 65.4 Å². The van der Waals surface area contributed by atoms with Crippen molar-refractivity contribution in [1.29, 1.82) is 0 Å². The number of aryl methyl sites for hydroxylation is 2. The number of methoxy groups -OCH3 is 2. The zero-order valence-electron chi connectivity index (χ0n) is 18.1. The summed E-state index contributed by atoms with van der Waals surface area (Å²) in [5.41, 5.74) is 2.59. The number of aromatic nitrogens is 2. The summed E-state index contributed by atoms with van der Waals surface area (Å²) >= 11 is 0. The molecule has 4 aromatic rings. The minimum Gasteiger partial charge on any atom is -0.497 e. The van der Waals surface area contributed by atoms with Gasteiger partial charge in [-0.2, -0.15) is 4.98 Å². The van der Waals surface area contributed by atoms with Gasteiger partial charge < -0.3 is 18.4 Å². The average molecular weight is 455 g/mol. The van der Waals surface area contributed by atoms with Crippen molar-refractivity contribution in [3.63, 3.8) is 0 Å². The number of rotatable bonds is 7. The maximum atomic E-state index is 12.8. The molecule has 32 heavy (non-hydrogen) atoms. The van der Waals surface area contributed by atoms with Crippen LogP contribution in [-0.4, -0.2) is 32.8 Å². The van der Waals surface area contributed by atoms with Gasteiger partial charge in [0.25, 0.3) is 5.89 Å². The first kappa shape index (κ1) is 21.6. The van der Waals surface area contributed by atoms with E-state index in [4.69, 9.17) is 18.4 Å². The third-order valence-corrected chi connectivity index (χ3v) is 6.71. The van der Waals surface area contributed by atoms with E-state index in [0.717, 1.165) is 11.1 Å². The predicted molar refractivity (Wildman–Crippen MR) is 117 cm³/mol. The lowest BCUT2D eigenvalue weighted by atomic mass is 10.1. The van der Waals surface area contributed by atoms with E-state index in [2.05, 4.69) is 10.1 Å². The maximum absolute atomic E-state index is 12.8. The molecule has 0 fully saturated rings. The molecule has 4 rings (SSSR count). The standard InChI is InChI=1S/C23H22N2O6S/c1-14-5-7-20(9-15(14)2)32(26,27)13-17-6-8-21(30-17)23-24-22(25-31-23)16-10-18(28-3)12-19(11-16)29-4/h5-12H,13H2,1-4H3. The Morgan fingerprint density at radius 1 is 0.906 bits per heavy atom. The van der Waals surface area contributed by atoms with Crippen molar-refractivity contribution in [2.24, 2.45) is 0 Å². The highest BCUT2D eigenvalue weighted by Gasteiger charge is 2.21. The Balaban J connectivity index is 1.57. The van der Waals surface area contributed by atoms with Crippen LogP contribution < -0.4 is 9.47 Å². The number of ether oxygens (including phenoxy) is 2. The van der Waals surface area contributed by atoms with Crippen molar-refractivity contribution in [1.82, 2.24) is 10.1 Å². The van der Waals surface area contributed by atoms with Gasteiger partial charge in [0.2, 0.25) is 5.82 Å². The van der Waals surface area contributed by atoms with Gasteiger partial charge in [-0.25, -0.2) is 8.42 Å². The average Bonchev–Trinajstić information content (AvgIpc) is 3.44. The quantitative estimate of drug-likeness (QED) is 0.399. The van der Waals surface area contributed by atoms with E-state index in [0.29, 0.717) is 22.9 Å². The first-order chi connectivity index (χ1) is 15.3. The monoisotopic (exact) mass is 454 g/mol. The minimum absolute atomic E-state index is 0.136. The van der Waals surface area contributed by atoms with Crippen LogP contribution >= 0.6 is 0 Å². The molecule has 2 aromatic carbocycles. The van der Waals surface area contributed by atoms with E-state index in [1.165, 1.54) is 0 Å². The van der Waals surface area contributed by atoms with Crippen molar-refractivity contribution in [2.45, 2.75) is 24.5 Å². The molecule has 0 bridgehead atoms. The molecule has 0 saturated heterocycles. The molecular weight excluding hydrogens is 432 g/mol. The lowest BCUT2D eigenvalue weighted by molar-refractivity contribution is 0.394. The number of sulfone groups is 1. The van der Waals surface area contributed by atoms with Crippen LogP contribution in [0.2, 0.25) is 0 Å². The second-order valence-corrected chi connectivity index (χ2v) is 9.29. The zero-order valence-corrected chi connectivity index (χ0v) is 18.9. The Hall–Kier alpha value is -3.59. The SMILES string of the molecule is COc1cc(OC)cc(-c2noc(-c3ccc(CS(=O)(=O)c4ccc(C)c(C)c4)o3)n2)c1. The fourth-order valence-electron chi connectivity index (χ4n) is 3.13. The topological polar surface area (TPSA) is 105 Å². The second-order valence-electron chi connectivity index (χ2n) is 7.30. The molecule has 0 aliphatic heterocycles. The van der Waals surface area contributed by atoms with Crippen LogP contribution in [-0.2, 0) is 15.6 Å². The van der Waals surface area contributed by atoms with E-state index in [1.54, 1.807) is 62.8 Å². The van der Waals surface area contributed by atoms with Gasteiger partial charge in [0.15, 0.2) is 15.6 Å². The Bertz CT molecular complexity index is 1350. The molecule has 0 aliphatic rings. The zero-order chi connectivity index (χ0) is 22.9. The Morgan fingerprint density at radius 3 is 2.28 bits per heavy atom. The Kier molecular flexibility index (Phi) is 5.75. The van der Waals surface area contributed by atoms with E-state index in [-0.39, 0.29) is 28.1 Å². The van der Waals surface area contributed by atoms with Crippen LogP contribution in [0.3, 0.4) is 0 Å². The molecule has 0 spiro atoms. The summed E-state index contributed by atoms with van der Waals surface area (Å²) in [6, 6.07) is 13.5. The molecular formula is C23H22N2O6S. The number of hydrogen-bond acceptors (Lipinski definition) is 8. The van der Waals surface area contributed by atoms with E-state index in [1.807, 2.05) is 13.8 Å². The molecule has 0 atom stereocenters. The number of benzene rings is 2. The highest BCUT2D eigenvalue weighted by atomic mass is 32.2. The highest BCUT2D eigenvalue weighted by Crippen LogP contribution is 2.30. The van der Waals surface area contributed by atoms with Gasteiger partial charge >= 0.3 is 0 Å². The van der Waals surface area contributed by atoms with Gasteiger partial charge in [-0.05, 0) is 61.4 Å². The molecule has 2 aromatic heterocycles. The Labute approximate surface area is 185 Å². The van der Waals surface area contributed by atoms with Crippen LogP contribution in [0, 0.1) is 13.8 Å². The van der Waals surface area contributed by atoms with Crippen molar-refractivity contribution < 1.29 is 26.8 Å². The second kappa shape index (κ2) is 8.51. The van der Waals surface area contributed by atoms with Crippen LogP contribution in [0.25, 0.3) is 23.0 Å². The molecule has 2 heterocycles. The van der Waals surface area contributed by atoms with E-state index in [9.17, 15) is 8.42 Å². The van der Waals surface area contributed by atoms with E-state index >= 15 is 0 Å². The maximum Gasteiger partial charge on any atom is 0.293 e. The minimum atomic E-state index is -3.56. The van der Waals surface area contributed by atoms with Crippen LogP contribution in [0.1, 0.15) is 16.9 Å². The van der Waals surface area contributed by atoms with Crippen LogP contribution in [0.15, 0.2) is 62.4 Å². The van der Waals surface area contributed by atoms with Gasteiger partial charge in [0, 0.05) is 11.6 Å². The normalized spacial score (nSPS) is 11.5. The van der Waals surface area contributed by atoms with Crippen molar-refractivity contribution in [2.75, 3.05) is 14.2 Å². The fourth-order valence-corrected chi connectivity index (χ4v) is 4.45. The predicted octanol–water partition coefficient (Wildman–Crippen LogP) is 4.60. The molecule has 0 saturated carbocycles. The summed E-state index contributed by atoms with van der Waals surface area (Å²) < 4.78 is 47.1. The van der Waals surface area contributed by atoms with Crippen molar-refractivity contribution >= 4 is 9.84 Å². The molecule has 9 heteroatoms. The summed E-state index contributed by atoms with van der Waals surface area (Å²) in [4.78, 5) is 4.61. The van der Waals surface area contributed by atoms with E-state index < -0.39 is 9.84 Å². The van der Waals surface area contributed by atoms with Crippen LogP contribution in [0.5, 0.6) is 11.5 Å². The number of nitrogens with zero attached hydrogens (tertiary/aromatic N) is 2. The third-order valence-electron chi connectivity index (χ3n) is 5.08. The number of furan rings is 1. The molecule has 0 N–H and O–H groups in total. The molecule has 0 radical (unpaired) electrons. The third kappa shape index (κ3) is 4.38. The first-order valence-corrected chi connectivity index (χ1v) is 11.4. The van der Waals surface area contributed by atoms with Gasteiger partial charge in [-0.15, -0.1) is 0 Å². The molecule has 0 amide bonds. The van der Waals surface area contributed by atoms with Gasteiger partial charge in [0.1, 0.15) is 23.0 Å². The van der Waals surface area contributed by atoms with Gasteiger partial charge in [-0.3, -0.25) is 0 Å². The fraction of sp³-hybridized carbons (Fsp3) is 0.217. The molecule has 0 aliphatic carbocycles. The summed E-state index contributed by atoms with van der Waals surface area (Å²) in [6.45, 7) is 3.81. The van der Waals surface area contributed by atoms with Crippen LogP contribution in [0.4, 0.5) is 0 Å². The lowest BCUT2D eigenvalue weighted by Gasteiger charge is -2.06. The summed E-state index contributed by atoms with van der Waals surface area (Å²) in [7, 11) is -0.459. The largest absolute Gasteiger partial charge is 0.497 e. The summed E-state index contributed by atoms with van der Waals surface area (Å²) in [5.74, 6) is 1.91. The smallest absolute Gasteiger partial charge is 0.293 e. The molecule has 8 nitrogen and oxygen atoms in total.